The van der Waals surface area contributed by atoms with E-state index >= 15 is 0 Å². The highest BCUT2D eigenvalue weighted by Gasteiger charge is 2.13. The Morgan fingerprint density at radius 2 is 0.865 bits per heavy atom. The Morgan fingerprint density at radius 1 is 0.486 bits per heavy atom. The third kappa shape index (κ3) is 20.4. The summed E-state index contributed by atoms with van der Waals surface area (Å²) in [5, 5.41) is 0. The Kier molecular flexibility index (Phi) is 20.8. The van der Waals surface area contributed by atoms with Crippen LogP contribution < -0.4 is 9.47 Å². The molecule has 0 fully saturated rings. The van der Waals surface area contributed by atoms with Crippen LogP contribution in [0.5, 0.6) is 11.5 Å². The standard InChI is InChI=1S/C34H64NO2/c1-6-8-10-12-14-16-18-20-22-24-28-36-33-27-26-32(31-35(3,4)5)30-34(33)37-29-25-23-21-19-17-15-13-11-9-7-2/h26-27,30H,6-25,28-29,31H2,1-5H3/q+1. The molecule has 0 N–H and O–H groups in total. The van der Waals surface area contributed by atoms with Gasteiger partial charge in [0.15, 0.2) is 11.5 Å². The zero-order valence-electron chi connectivity index (χ0n) is 25.8. The summed E-state index contributed by atoms with van der Waals surface area (Å²) < 4.78 is 13.4. The number of rotatable bonds is 26. The minimum Gasteiger partial charge on any atom is -0.490 e. The first-order valence-corrected chi connectivity index (χ1v) is 16.1. The van der Waals surface area contributed by atoms with Crippen molar-refractivity contribution in [2.45, 2.75) is 149 Å². The molecule has 0 spiro atoms. The number of hydrogen-bond donors (Lipinski definition) is 0. The van der Waals surface area contributed by atoms with Crippen molar-refractivity contribution in [3.63, 3.8) is 0 Å². The van der Waals surface area contributed by atoms with Gasteiger partial charge >= 0.3 is 0 Å². The van der Waals surface area contributed by atoms with Gasteiger partial charge in [0.25, 0.3) is 0 Å². The summed E-state index contributed by atoms with van der Waals surface area (Å²) in [4.78, 5) is 0. The van der Waals surface area contributed by atoms with Crippen molar-refractivity contribution in [3.05, 3.63) is 23.8 Å². The zero-order chi connectivity index (χ0) is 27.0. The zero-order valence-corrected chi connectivity index (χ0v) is 25.8. The lowest BCUT2D eigenvalue weighted by atomic mass is 10.1. The van der Waals surface area contributed by atoms with Crippen LogP contribution in [0.15, 0.2) is 18.2 Å². The largest absolute Gasteiger partial charge is 0.490 e. The Morgan fingerprint density at radius 3 is 1.27 bits per heavy atom. The molecule has 216 valence electrons. The van der Waals surface area contributed by atoms with Gasteiger partial charge in [0.2, 0.25) is 0 Å². The van der Waals surface area contributed by atoms with E-state index in [2.05, 4.69) is 53.2 Å². The molecule has 0 aliphatic heterocycles. The van der Waals surface area contributed by atoms with E-state index < -0.39 is 0 Å². The van der Waals surface area contributed by atoms with Gasteiger partial charge in [-0.2, -0.15) is 0 Å². The minimum absolute atomic E-state index is 0.791. The first kappa shape index (κ1) is 33.8. The van der Waals surface area contributed by atoms with Gasteiger partial charge in [-0.3, -0.25) is 0 Å². The second-order valence-electron chi connectivity index (χ2n) is 12.3. The SMILES string of the molecule is CCCCCCCCCCCCOc1ccc(C[N+](C)(C)C)cc1OCCCCCCCCCCCC. The maximum Gasteiger partial charge on any atom is 0.161 e. The van der Waals surface area contributed by atoms with E-state index in [0.29, 0.717) is 0 Å². The fourth-order valence-electron chi connectivity index (χ4n) is 4.97. The van der Waals surface area contributed by atoms with Crippen molar-refractivity contribution < 1.29 is 14.0 Å². The highest BCUT2D eigenvalue weighted by atomic mass is 16.5. The van der Waals surface area contributed by atoms with Gasteiger partial charge in [0.05, 0.1) is 34.4 Å². The summed E-state index contributed by atoms with van der Waals surface area (Å²) in [6.07, 6.45) is 27.0. The second-order valence-corrected chi connectivity index (χ2v) is 12.3. The van der Waals surface area contributed by atoms with Crippen molar-refractivity contribution in [1.29, 1.82) is 0 Å². The van der Waals surface area contributed by atoms with Gasteiger partial charge in [-0.05, 0) is 31.0 Å². The molecule has 0 bridgehead atoms. The Balaban J connectivity index is 2.31. The van der Waals surface area contributed by atoms with Gasteiger partial charge < -0.3 is 14.0 Å². The molecule has 1 aromatic rings. The molecule has 37 heavy (non-hydrogen) atoms. The Labute approximate surface area is 232 Å². The van der Waals surface area contributed by atoms with Crippen LogP contribution in [-0.4, -0.2) is 38.8 Å². The van der Waals surface area contributed by atoms with Gasteiger partial charge in [-0.25, -0.2) is 0 Å². The highest BCUT2D eigenvalue weighted by molar-refractivity contribution is 5.42. The summed E-state index contributed by atoms with van der Waals surface area (Å²) in [6.45, 7) is 7.15. The van der Waals surface area contributed by atoms with E-state index in [1.165, 1.54) is 121 Å². The van der Waals surface area contributed by atoms with Crippen molar-refractivity contribution in [3.8, 4) is 11.5 Å². The number of benzene rings is 1. The van der Waals surface area contributed by atoms with E-state index in [1.54, 1.807) is 0 Å². The monoisotopic (exact) mass is 518 g/mol. The van der Waals surface area contributed by atoms with Crippen LogP contribution in [0.1, 0.15) is 148 Å². The number of nitrogens with zero attached hydrogens (tertiary/aromatic N) is 1. The van der Waals surface area contributed by atoms with E-state index in [4.69, 9.17) is 9.47 Å². The molecule has 1 rings (SSSR count). The van der Waals surface area contributed by atoms with E-state index in [1.807, 2.05) is 0 Å². The maximum atomic E-state index is 6.28. The summed E-state index contributed by atoms with van der Waals surface area (Å²) in [6, 6.07) is 6.56. The number of ether oxygens (including phenoxy) is 2. The molecule has 0 aliphatic rings. The van der Waals surface area contributed by atoms with Crippen LogP contribution in [0.2, 0.25) is 0 Å². The lowest BCUT2D eigenvalue weighted by Gasteiger charge is -2.24. The Hall–Kier alpha value is -1.22. The van der Waals surface area contributed by atoms with Gasteiger partial charge in [-0.15, -0.1) is 0 Å². The first-order valence-electron chi connectivity index (χ1n) is 16.1. The number of unbranched alkanes of at least 4 members (excludes halogenated alkanes) is 18. The minimum atomic E-state index is 0.791. The molecule has 3 nitrogen and oxygen atoms in total. The third-order valence-corrected chi connectivity index (χ3v) is 7.18. The second kappa shape index (κ2) is 22.7. The summed E-state index contributed by atoms with van der Waals surface area (Å²) in [5.74, 6) is 1.86. The van der Waals surface area contributed by atoms with Crippen LogP contribution in [0.3, 0.4) is 0 Å². The quantitative estimate of drug-likeness (QED) is 0.0896. The summed E-state index contributed by atoms with van der Waals surface area (Å²) in [7, 11) is 6.71. The smallest absolute Gasteiger partial charge is 0.161 e. The van der Waals surface area contributed by atoms with Crippen LogP contribution in [0.25, 0.3) is 0 Å². The molecule has 1 aromatic carbocycles. The summed E-state index contributed by atoms with van der Waals surface area (Å²) in [5.41, 5.74) is 1.32. The fraction of sp³-hybridized carbons (Fsp3) is 0.824. The predicted octanol–water partition coefficient (Wildman–Crippen LogP) is 10.5. The van der Waals surface area contributed by atoms with Crippen molar-refractivity contribution in [2.24, 2.45) is 0 Å². The van der Waals surface area contributed by atoms with Crippen molar-refractivity contribution in [1.82, 2.24) is 0 Å². The molecule has 0 saturated heterocycles. The average molecular weight is 519 g/mol. The van der Waals surface area contributed by atoms with Gasteiger partial charge in [0, 0.05) is 5.56 Å². The average Bonchev–Trinajstić information content (AvgIpc) is 2.86. The van der Waals surface area contributed by atoms with Crippen LogP contribution in [-0.2, 0) is 6.54 Å². The molecule has 0 heterocycles. The molecule has 0 saturated carbocycles. The molecule has 0 amide bonds. The normalized spacial score (nSPS) is 11.7. The van der Waals surface area contributed by atoms with Gasteiger partial charge in [-0.1, -0.05) is 129 Å². The van der Waals surface area contributed by atoms with Crippen LogP contribution in [0.4, 0.5) is 0 Å². The lowest BCUT2D eigenvalue weighted by Crippen LogP contribution is -2.33. The van der Waals surface area contributed by atoms with E-state index in [0.717, 1.165) is 48.6 Å². The van der Waals surface area contributed by atoms with Crippen molar-refractivity contribution in [2.75, 3.05) is 34.4 Å². The van der Waals surface area contributed by atoms with Crippen LogP contribution in [0, 0.1) is 0 Å². The molecule has 0 radical (unpaired) electrons. The first-order chi connectivity index (χ1) is 18.0. The van der Waals surface area contributed by atoms with E-state index in [-0.39, 0.29) is 0 Å². The molecular weight excluding hydrogens is 454 g/mol. The number of quaternary nitrogens is 1. The predicted molar refractivity (Wildman–Crippen MR) is 163 cm³/mol. The summed E-state index contributed by atoms with van der Waals surface area (Å²) >= 11 is 0. The van der Waals surface area contributed by atoms with Crippen LogP contribution >= 0.6 is 0 Å². The Bertz CT molecular complexity index is 637. The maximum absolute atomic E-state index is 6.28. The molecule has 0 aromatic heterocycles. The third-order valence-electron chi connectivity index (χ3n) is 7.18. The molecule has 0 atom stereocenters. The lowest BCUT2D eigenvalue weighted by molar-refractivity contribution is -0.884. The molecule has 0 unspecified atom stereocenters. The highest BCUT2D eigenvalue weighted by Crippen LogP contribution is 2.30. The molecular formula is C34H64NO2+. The number of hydrogen-bond acceptors (Lipinski definition) is 2. The molecule has 3 heteroatoms. The topological polar surface area (TPSA) is 18.5 Å². The van der Waals surface area contributed by atoms with Gasteiger partial charge in [0.1, 0.15) is 6.54 Å². The fourth-order valence-corrected chi connectivity index (χ4v) is 4.97. The molecule has 0 aliphatic carbocycles. The van der Waals surface area contributed by atoms with Crippen molar-refractivity contribution >= 4 is 0 Å². The van der Waals surface area contributed by atoms with E-state index in [9.17, 15) is 0 Å².